The minimum Gasteiger partial charge on any atom is -0.383 e. The summed E-state index contributed by atoms with van der Waals surface area (Å²) in [5.74, 6) is 0.484. The van der Waals surface area contributed by atoms with Gasteiger partial charge in [-0.25, -0.2) is 4.98 Å². The van der Waals surface area contributed by atoms with Gasteiger partial charge in [0.05, 0.1) is 0 Å². The number of nitrogen functional groups attached to an aromatic ring is 1. The van der Waals surface area contributed by atoms with E-state index >= 15 is 0 Å². The number of aryl methyl sites for hydroxylation is 1. The third kappa shape index (κ3) is 2.64. The van der Waals surface area contributed by atoms with Gasteiger partial charge in [0.15, 0.2) is 0 Å². The van der Waals surface area contributed by atoms with Gasteiger partial charge in [0.2, 0.25) is 0 Å². The zero-order valence-electron chi connectivity index (χ0n) is 9.77. The Morgan fingerprint density at radius 2 is 2.12 bits per heavy atom. The molecular formula is C14H15N3. The number of hydrogen-bond donors (Lipinski definition) is 2. The summed E-state index contributed by atoms with van der Waals surface area (Å²) < 4.78 is 0. The average Bonchev–Trinajstić information content (AvgIpc) is 2.29. The van der Waals surface area contributed by atoms with E-state index in [0.29, 0.717) is 5.82 Å². The smallest absolute Gasteiger partial charge is 0.132 e. The van der Waals surface area contributed by atoms with Crippen LogP contribution in [0, 0.1) is 6.92 Å². The summed E-state index contributed by atoms with van der Waals surface area (Å²) in [6, 6.07) is 11.8. The van der Waals surface area contributed by atoms with Crippen molar-refractivity contribution >= 4 is 17.2 Å². The number of rotatable bonds is 3. The van der Waals surface area contributed by atoms with E-state index in [0.717, 1.165) is 16.9 Å². The normalized spacial score (nSPS) is 9.94. The lowest BCUT2D eigenvalue weighted by atomic mass is 10.1. The second-order valence-corrected chi connectivity index (χ2v) is 3.91. The number of benzene rings is 1. The molecule has 0 atom stereocenters. The van der Waals surface area contributed by atoms with E-state index in [2.05, 4.69) is 22.9 Å². The van der Waals surface area contributed by atoms with Crippen LogP contribution in [0.4, 0.5) is 11.5 Å². The average molecular weight is 225 g/mol. The Hall–Kier alpha value is -2.29. The van der Waals surface area contributed by atoms with Crippen molar-refractivity contribution in [1.29, 1.82) is 0 Å². The van der Waals surface area contributed by atoms with Crippen LogP contribution in [0.1, 0.15) is 11.1 Å². The number of aromatic nitrogens is 1. The van der Waals surface area contributed by atoms with Crippen LogP contribution in [-0.4, -0.2) is 4.98 Å². The first-order valence-electron chi connectivity index (χ1n) is 5.40. The van der Waals surface area contributed by atoms with Crippen molar-refractivity contribution in [3.05, 3.63) is 60.3 Å². The first-order chi connectivity index (χ1) is 8.16. The zero-order valence-corrected chi connectivity index (χ0v) is 9.77. The predicted octanol–water partition coefficient (Wildman–Crippen LogP) is 3.06. The SMILES string of the molecule is C=C(Nc1cccc(C)c1)c1cccnc1N. The molecule has 0 aliphatic heterocycles. The molecule has 3 nitrogen and oxygen atoms in total. The minimum atomic E-state index is 0.484. The molecule has 1 aromatic carbocycles. The molecule has 3 heteroatoms. The molecule has 0 aliphatic carbocycles. The Kier molecular flexibility index (Phi) is 3.10. The fraction of sp³-hybridized carbons (Fsp3) is 0.0714. The summed E-state index contributed by atoms with van der Waals surface area (Å²) >= 11 is 0. The number of nitrogens with two attached hydrogens (primary N) is 1. The summed E-state index contributed by atoms with van der Waals surface area (Å²) in [4.78, 5) is 4.04. The van der Waals surface area contributed by atoms with E-state index in [9.17, 15) is 0 Å². The maximum Gasteiger partial charge on any atom is 0.132 e. The molecule has 1 aromatic heterocycles. The lowest BCUT2D eigenvalue weighted by Crippen LogP contribution is -2.02. The summed E-state index contributed by atoms with van der Waals surface area (Å²) in [6.07, 6.45) is 1.67. The van der Waals surface area contributed by atoms with Crippen molar-refractivity contribution in [3.8, 4) is 0 Å². The Labute approximate surface area is 101 Å². The van der Waals surface area contributed by atoms with Crippen LogP contribution in [0.5, 0.6) is 0 Å². The van der Waals surface area contributed by atoms with Crippen LogP contribution >= 0.6 is 0 Å². The Bertz CT molecular complexity index is 547. The third-order valence-corrected chi connectivity index (χ3v) is 2.48. The molecule has 0 bridgehead atoms. The Morgan fingerprint density at radius 1 is 1.29 bits per heavy atom. The third-order valence-electron chi connectivity index (χ3n) is 2.48. The van der Waals surface area contributed by atoms with E-state index < -0.39 is 0 Å². The van der Waals surface area contributed by atoms with Gasteiger partial charge >= 0.3 is 0 Å². The van der Waals surface area contributed by atoms with Crippen LogP contribution in [0.2, 0.25) is 0 Å². The molecule has 1 heterocycles. The summed E-state index contributed by atoms with van der Waals surface area (Å²) in [5, 5.41) is 3.23. The van der Waals surface area contributed by atoms with E-state index in [1.54, 1.807) is 6.20 Å². The van der Waals surface area contributed by atoms with Crippen LogP contribution in [-0.2, 0) is 0 Å². The van der Waals surface area contributed by atoms with Gasteiger partial charge in [0, 0.05) is 23.1 Å². The summed E-state index contributed by atoms with van der Waals surface area (Å²) in [7, 11) is 0. The molecule has 17 heavy (non-hydrogen) atoms. The van der Waals surface area contributed by atoms with Crippen molar-refractivity contribution in [3.63, 3.8) is 0 Å². The molecule has 86 valence electrons. The largest absolute Gasteiger partial charge is 0.383 e. The second-order valence-electron chi connectivity index (χ2n) is 3.91. The number of nitrogens with one attached hydrogen (secondary N) is 1. The molecule has 3 N–H and O–H groups in total. The van der Waals surface area contributed by atoms with Crippen LogP contribution in [0.15, 0.2) is 49.2 Å². The maximum atomic E-state index is 5.79. The molecule has 2 rings (SSSR count). The lowest BCUT2D eigenvalue weighted by Gasteiger charge is -2.11. The molecule has 0 aliphatic rings. The highest BCUT2D eigenvalue weighted by atomic mass is 14.9. The number of anilines is 2. The monoisotopic (exact) mass is 225 g/mol. The number of pyridine rings is 1. The highest BCUT2D eigenvalue weighted by Crippen LogP contribution is 2.20. The summed E-state index contributed by atoms with van der Waals surface area (Å²) in [6.45, 7) is 6.03. The van der Waals surface area contributed by atoms with Crippen molar-refractivity contribution in [2.24, 2.45) is 0 Å². The zero-order chi connectivity index (χ0) is 12.3. The van der Waals surface area contributed by atoms with Crippen LogP contribution < -0.4 is 11.1 Å². The van der Waals surface area contributed by atoms with Gasteiger partial charge in [0.25, 0.3) is 0 Å². The Balaban J connectivity index is 2.20. The molecule has 0 spiro atoms. The lowest BCUT2D eigenvalue weighted by molar-refractivity contribution is 1.31. The topological polar surface area (TPSA) is 50.9 Å². The van der Waals surface area contributed by atoms with E-state index in [1.165, 1.54) is 5.56 Å². The maximum absolute atomic E-state index is 5.79. The fourth-order valence-corrected chi connectivity index (χ4v) is 1.64. The predicted molar refractivity (Wildman–Crippen MR) is 72.5 cm³/mol. The molecule has 0 saturated heterocycles. The summed E-state index contributed by atoms with van der Waals surface area (Å²) in [5.41, 5.74) is 9.57. The molecule has 0 amide bonds. The second kappa shape index (κ2) is 4.70. The number of nitrogens with zero attached hydrogens (tertiary/aromatic N) is 1. The Morgan fingerprint density at radius 3 is 2.82 bits per heavy atom. The van der Waals surface area contributed by atoms with Gasteiger partial charge < -0.3 is 11.1 Å². The highest BCUT2D eigenvalue weighted by molar-refractivity contribution is 5.79. The standard InChI is InChI=1S/C14H15N3/c1-10-5-3-6-12(9-10)17-11(2)13-7-4-8-16-14(13)15/h3-9,17H,2H2,1H3,(H2,15,16). The minimum absolute atomic E-state index is 0.484. The van der Waals surface area contributed by atoms with Crippen molar-refractivity contribution in [2.45, 2.75) is 6.92 Å². The highest BCUT2D eigenvalue weighted by Gasteiger charge is 2.04. The molecular weight excluding hydrogens is 210 g/mol. The molecule has 0 saturated carbocycles. The van der Waals surface area contributed by atoms with Crippen LogP contribution in [0.3, 0.4) is 0 Å². The van der Waals surface area contributed by atoms with Gasteiger partial charge in [-0.1, -0.05) is 18.7 Å². The van der Waals surface area contributed by atoms with Gasteiger partial charge in [-0.15, -0.1) is 0 Å². The van der Waals surface area contributed by atoms with E-state index in [4.69, 9.17) is 5.73 Å². The van der Waals surface area contributed by atoms with Crippen LogP contribution in [0.25, 0.3) is 5.70 Å². The molecule has 0 unspecified atom stereocenters. The van der Waals surface area contributed by atoms with Gasteiger partial charge in [0.1, 0.15) is 5.82 Å². The van der Waals surface area contributed by atoms with E-state index in [1.807, 2.05) is 37.3 Å². The molecule has 0 radical (unpaired) electrons. The van der Waals surface area contributed by atoms with Crippen molar-refractivity contribution < 1.29 is 0 Å². The molecule has 0 fully saturated rings. The van der Waals surface area contributed by atoms with Gasteiger partial charge in [-0.05, 0) is 36.8 Å². The molecule has 2 aromatic rings. The number of hydrogen-bond acceptors (Lipinski definition) is 3. The van der Waals surface area contributed by atoms with Crippen molar-refractivity contribution in [2.75, 3.05) is 11.1 Å². The fourth-order valence-electron chi connectivity index (χ4n) is 1.64. The first-order valence-corrected chi connectivity index (χ1v) is 5.40. The first kappa shape index (κ1) is 11.2. The van der Waals surface area contributed by atoms with Gasteiger partial charge in [-0.3, -0.25) is 0 Å². The van der Waals surface area contributed by atoms with Gasteiger partial charge in [-0.2, -0.15) is 0 Å². The van der Waals surface area contributed by atoms with Crippen molar-refractivity contribution in [1.82, 2.24) is 4.98 Å². The quantitative estimate of drug-likeness (QED) is 0.844. The van der Waals surface area contributed by atoms with E-state index in [-0.39, 0.29) is 0 Å².